The Hall–Kier alpha value is -2.07. The van der Waals surface area contributed by atoms with Crippen molar-refractivity contribution in [3.63, 3.8) is 0 Å². The second-order valence-corrected chi connectivity index (χ2v) is 7.48. The minimum Gasteiger partial charge on any atom is -0.508 e. The average Bonchev–Trinajstić information content (AvgIpc) is 2.95. The Bertz CT molecular complexity index is 798. The molecule has 5 heteroatoms. The molecule has 3 nitrogen and oxygen atoms in total. The Labute approximate surface area is 146 Å². The Morgan fingerprint density at radius 3 is 2.62 bits per heavy atom. The smallest absolute Gasteiger partial charge is 0.128 e. The summed E-state index contributed by atoms with van der Waals surface area (Å²) in [7, 11) is 0. The van der Waals surface area contributed by atoms with Crippen LogP contribution in [0.1, 0.15) is 38.8 Å². The summed E-state index contributed by atoms with van der Waals surface area (Å²) in [6.45, 7) is 6.26. The first-order chi connectivity index (χ1) is 11.3. The molecule has 1 unspecified atom stereocenters. The van der Waals surface area contributed by atoms with Crippen molar-refractivity contribution in [2.75, 3.05) is 5.01 Å². The molecular weight excluding hydrogens is 327 g/mol. The van der Waals surface area contributed by atoms with Crippen LogP contribution in [-0.2, 0) is 0 Å². The predicted octanol–water partition coefficient (Wildman–Crippen LogP) is 5.54. The minimum atomic E-state index is -0.352. The molecule has 1 atom stereocenters. The number of nitrogens with zero attached hydrogens (tertiary/aromatic N) is 2. The van der Waals surface area contributed by atoms with Crippen molar-refractivity contribution < 1.29 is 9.50 Å². The van der Waals surface area contributed by atoms with Crippen LogP contribution in [0.4, 0.5) is 10.1 Å². The lowest BCUT2D eigenvalue weighted by Crippen LogP contribution is -2.20. The average molecular weight is 347 g/mol. The van der Waals surface area contributed by atoms with E-state index in [0.29, 0.717) is 17.0 Å². The molecule has 2 aromatic rings. The van der Waals surface area contributed by atoms with E-state index in [4.69, 9.17) is 16.7 Å². The fourth-order valence-electron chi connectivity index (χ4n) is 2.85. The number of rotatable bonds is 2. The van der Waals surface area contributed by atoms with Crippen molar-refractivity contribution >= 4 is 23.0 Å². The molecule has 0 saturated heterocycles. The molecule has 0 spiro atoms. The number of hydrogen-bond donors (Lipinski definition) is 1. The topological polar surface area (TPSA) is 35.8 Å². The number of hydrogen-bond acceptors (Lipinski definition) is 3. The lowest BCUT2D eigenvalue weighted by atomic mass is 9.85. The first kappa shape index (κ1) is 16.8. The molecule has 0 amide bonds. The maximum Gasteiger partial charge on any atom is 0.128 e. The van der Waals surface area contributed by atoms with Gasteiger partial charge >= 0.3 is 0 Å². The van der Waals surface area contributed by atoms with Crippen molar-refractivity contribution in [3.8, 4) is 5.75 Å². The van der Waals surface area contributed by atoms with Gasteiger partial charge < -0.3 is 5.11 Å². The number of anilines is 1. The van der Waals surface area contributed by atoms with E-state index >= 15 is 0 Å². The zero-order chi connectivity index (χ0) is 17.5. The lowest BCUT2D eigenvalue weighted by Gasteiger charge is -2.24. The fraction of sp³-hybridized carbons (Fsp3) is 0.316. The molecular formula is C19H20ClFN2O. The van der Waals surface area contributed by atoms with Crippen molar-refractivity contribution in [1.82, 2.24) is 0 Å². The van der Waals surface area contributed by atoms with E-state index < -0.39 is 0 Å². The maximum atomic E-state index is 14.4. The number of hydrazone groups is 1. The van der Waals surface area contributed by atoms with Crippen LogP contribution < -0.4 is 5.01 Å². The lowest BCUT2D eigenvalue weighted by molar-refractivity contribution is 0.469. The van der Waals surface area contributed by atoms with Crippen molar-refractivity contribution in [1.29, 1.82) is 0 Å². The molecule has 2 aromatic carbocycles. The number of benzene rings is 2. The third kappa shape index (κ3) is 3.24. The van der Waals surface area contributed by atoms with Gasteiger partial charge in [0.15, 0.2) is 0 Å². The zero-order valence-corrected chi connectivity index (χ0v) is 14.7. The summed E-state index contributed by atoms with van der Waals surface area (Å²) in [6.07, 6.45) is 0.594. The summed E-state index contributed by atoms with van der Waals surface area (Å²) >= 11 is 6.11. The summed E-state index contributed by atoms with van der Waals surface area (Å²) in [6, 6.07) is 11.1. The Morgan fingerprint density at radius 2 is 1.96 bits per heavy atom. The van der Waals surface area contributed by atoms with Gasteiger partial charge in [0.2, 0.25) is 0 Å². The van der Waals surface area contributed by atoms with Crippen LogP contribution >= 0.6 is 11.6 Å². The number of aromatic hydroxyl groups is 1. The van der Waals surface area contributed by atoms with E-state index in [2.05, 4.69) is 20.8 Å². The summed E-state index contributed by atoms with van der Waals surface area (Å²) in [5.74, 6) is -0.308. The summed E-state index contributed by atoms with van der Waals surface area (Å²) < 4.78 is 14.4. The first-order valence-corrected chi connectivity index (χ1v) is 8.24. The van der Waals surface area contributed by atoms with Gasteiger partial charge in [0, 0.05) is 28.1 Å². The highest BCUT2D eigenvalue weighted by molar-refractivity contribution is 6.30. The van der Waals surface area contributed by atoms with Gasteiger partial charge in [-0.3, -0.25) is 5.01 Å². The largest absolute Gasteiger partial charge is 0.508 e. The molecule has 1 aliphatic heterocycles. The predicted molar refractivity (Wildman–Crippen MR) is 96.2 cm³/mol. The summed E-state index contributed by atoms with van der Waals surface area (Å²) in [5, 5.41) is 16.9. The normalized spacial score (nSPS) is 18.0. The van der Waals surface area contributed by atoms with Gasteiger partial charge in [-0.2, -0.15) is 5.10 Å². The van der Waals surface area contributed by atoms with E-state index in [-0.39, 0.29) is 23.0 Å². The number of halogens is 2. The van der Waals surface area contributed by atoms with E-state index in [1.807, 2.05) is 18.2 Å². The van der Waals surface area contributed by atoms with Crippen LogP contribution in [0.25, 0.3) is 0 Å². The van der Waals surface area contributed by atoms with Crippen molar-refractivity contribution in [3.05, 3.63) is 58.9 Å². The number of phenolic OH excluding ortho intramolecular Hbond substituents is 1. The summed E-state index contributed by atoms with van der Waals surface area (Å²) in [5.41, 5.74) is 2.08. The van der Waals surface area contributed by atoms with E-state index in [9.17, 15) is 9.50 Å². The molecule has 0 saturated carbocycles. The van der Waals surface area contributed by atoms with E-state index in [1.54, 1.807) is 11.1 Å². The molecule has 1 aliphatic rings. The van der Waals surface area contributed by atoms with Crippen LogP contribution in [0.3, 0.4) is 0 Å². The van der Waals surface area contributed by atoms with Gasteiger partial charge in [0.05, 0.1) is 11.7 Å². The van der Waals surface area contributed by atoms with Crippen LogP contribution in [0, 0.1) is 11.2 Å². The molecule has 0 fully saturated rings. The summed E-state index contributed by atoms with van der Waals surface area (Å²) in [4.78, 5) is 0. The van der Waals surface area contributed by atoms with Crippen LogP contribution in [0.5, 0.6) is 5.75 Å². The van der Waals surface area contributed by atoms with Crippen LogP contribution in [-0.4, -0.2) is 10.8 Å². The highest BCUT2D eigenvalue weighted by Crippen LogP contribution is 2.41. The Morgan fingerprint density at radius 1 is 1.21 bits per heavy atom. The zero-order valence-electron chi connectivity index (χ0n) is 13.9. The third-order valence-electron chi connectivity index (χ3n) is 4.19. The van der Waals surface area contributed by atoms with Gasteiger partial charge in [-0.1, -0.05) is 38.4 Å². The minimum absolute atomic E-state index is 0.0432. The van der Waals surface area contributed by atoms with Crippen molar-refractivity contribution in [2.24, 2.45) is 10.5 Å². The Kier molecular flexibility index (Phi) is 4.26. The number of phenols is 1. The van der Waals surface area contributed by atoms with Crippen LogP contribution in [0.2, 0.25) is 5.02 Å². The second-order valence-electron chi connectivity index (χ2n) is 7.05. The molecule has 0 aliphatic carbocycles. The molecule has 0 aromatic heterocycles. The van der Waals surface area contributed by atoms with Crippen molar-refractivity contribution in [2.45, 2.75) is 33.2 Å². The SMILES string of the molecule is CC(C)(C)C1=NN(c2cccc(Cl)c2)C(c2cc(O)ccc2F)C1. The van der Waals surface area contributed by atoms with Gasteiger partial charge in [-0.25, -0.2) is 4.39 Å². The quantitative estimate of drug-likeness (QED) is 0.775. The third-order valence-corrected chi connectivity index (χ3v) is 4.42. The van der Waals surface area contributed by atoms with Crippen LogP contribution in [0.15, 0.2) is 47.6 Å². The van der Waals surface area contributed by atoms with Gasteiger partial charge in [-0.05, 0) is 36.4 Å². The second kappa shape index (κ2) is 6.10. The fourth-order valence-corrected chi connectivity index (χ4v) is 3.04. The van der Waals surface area contributed by atoms with Gasteiger partial charge in [0.1, 0.15) is 11.6 Å². The Balaban J connectivity index is 2.09. The maximum absolute atomic E-state index is 14.4. The first-order valence-electron chi connectivity index (χ1n) is 7.87. The molecule has 0 radical (unpaired) electrons. The molecule has 0 bridgehead atoms. The van der Waals surface area contributed by atoms with Gasteiger partial charge in [-0.15, -0.1) is 0 Å². The molecule has 1 heterocycles. The van der Waals surface area contributed by atoms with E-state index in [0.717, 1.165) is 11.4 Å². The standard InChI is InChI=1S/C19H20ClFN2O/c1-19(2,3)18-11-17(15-10-14(24)7-8-16(15)21)23(22-18)13-6-4-5-12(20)9-13/h4-10,17,24H,11H2,1-3H3. The molecule has 1 N–H and O–H groups in total. The molecule has 126 valence electrons. The van der Waals surface area contributed by atoms with Gasteiger partial charge in [0.25, 0.3) is 0 Å². The highest BCUT2D eigenvalue weighted by atomic mass is 35.5. The molecule has 3 rings (SSSR count). The molecule has 24 heavy (non-hydrogen) atoms. The van der Waals surface area contributed by atoms with E-state index in [1.165, 1.54) is 18.2 Å². The monoisotopic (exact) mass is 346 g/mol. The highest BCUT2D eigenvalue weighted by Gasteiger charge is 2.35.